The Hall–Kier alpha value is -3.69. The van der Waals surface area contributed by atoms with Gasteiger partial charge in [0.2, 0.25) is 0 Å². The minimum atomic E-state index is -0.466. The fourth-order valence-corrected chi connectivity index (χ4v) is 4.84. The van der Waals surface area contributed by atoms with Crippen LogP contribution in [0.3, 0.4) is 0 Å². The van der Waals surface area contributed by atoms with Crippen LogP contribution in [0.1, 0.15) is 29.9 Å². The van der Waals surface area contributed by atoms with Gasteiger partial charge in [0.25, 0.3) is 0 Å². The summed E-state index contributed by atoms with van der Waals surface area (Å²) in [5.74, 6) is 2.60. The molecule has 1 unspecified atom stereocenters. The van der Waals surface area contributed by atoms with E-state index in [2.05, 4.69) is 20.8 Å². The maximum Gasteiger partial charge on any atom is 0.319 e. The summed E-state index contributed by atoms with van der Waals surface area (Å²) in [5, 5.41) is 16.0. The fourth-order valence-electron chi connectivity index (χ4n) is 3.78. The second-order valence-corrected chi connectivity index (χ2v) is 9.65. The number of para-hydroxylation sites is 2. The van der Waals surface area contributed by atoms with Crippen molar-refractivity contribution in [3.63, 3.8) is 0 Å². The van der Waals surface area contributed by atoms with E-state index in [9.17, 15) is 4.79 Å². The highest BCUT2D eigenvalue weighted by atomic mass is 35.5. The third-order valence-corrected chi connectivity index (χ3v) is 6.90. The van der Waals surface area contributed by atoms with Gasteiger partial charge >= 0.3 is 6.03 Å². The smallest absolute Gasteiger partial charge is 0.319 e. The molecule has 3 aromatic carbocycles. The number of carbonyl (C=O) groups excluding carboxylic acids is 1. The van der Waals surface area contributed by atoms with Crippen molar-refractivity contribution in [1.29, 1.82) is 0 Å². The van der Waals surface area contributed by atoms with Crippen molar-refractivity contribution in [2.45, 2.75) is 30.8 Å². The number of carbonyl (C=O) groups is 1. The van der Waals surface area contributed by atoms with Crippen LogP contribution in [-0.2, 0) is 5.75 Å². The number of rotatable bonds is 9. The highest BCUT2D eigenvalue weighted by Gasteiger charge is 2.23. The molecule has 0 saturated carbocycles. The Labute approximate surface area is 225 Å². The summed E-state index contributed by atoms with van der Waals surface area (Å²) < 4.78 is 12.6. The van der Waals surface area contributed by atoms with Crippen molar-refractivity contribution >= 4 is 35.1 Å². The quantitative estimate of drug-likeness (QED) is 0.239. The molecule has 192 valence electrons. The summed E-state index contributed by atoms with van der Waals surface area (Å²) >= 11 is 7.90. The molecule has 2 N–H and O–H groups in total. The molecule has 37 heavy (non-hydrogen) atoms. The molecule has 0 fully saturated rings. The number of halogens is 1. The monoisotopic (exact) mass is 537 g/mol. The van der Waals surface area contributed by atoms with Gasteiger partial charge in [-0.05, 0) is 61.4 Å². The molecule has 0 spiro atoms. The van der Waals surface area contributed by atoms with Gasteiger partial charge in [-0.1, -0.05) is 53.7 Å². The van der Waals surface area contributed by atoms with E-state index in [0.29, 0.717) is 33.2 Å². The van der Waals surface area contributed by atoms with E-state index < -0.39 is 6.04 Å². The highest BCUT2D eigenvalue weighted by molar-refractivity contribution is 7.98. The van der Waals surface area contributed by atoms with Crippen LogP contribution in [0.5, 0.6) is 11.5 Å². The normalized spacial score (nSPS) is 11.6. The predicted octanol–water partition coefficient (Wildman–Crippen LogP) is 6.42. The number of amides is 2. The first-order valence-electron chi connectivity index (χ1n) is 11.6. The summed E-state index contributed by atoms with van der Waals surface area (Å²) in [4.78, 5) is 12.8. The van der Waals surface area contributed by atoms with Gasteiger partial charge in [0.15, 0.2) is 11.0 Å². The maximum atomic E-state index is 12.8. The Balaban J connectivity index is 1.61. The summed E-state index contributed by atoms with van der Waals surface area (Å²) in [7, 11) is 3.21. The lowest BCUT2D eigenvalue weighted by molar-refractivity contribution is 0.248. The average molecular weight is 538 g/mol. The SMILES string of the molecule is COc1cccc(CSc2nnc(C(C)NC(=O)Nc3ccccc3OC)n2-c2cc(Cl)ccc2C)c1. The first kappa shape index (κ1) is 26.4. The van der Waals surface area contributed by atoms with Crippen molar-refractivity contribution in [1.82, 2.24) is 20.1 Å². The highest BCUT2D eigenvalue weighted by Crippen LogP contribution is 2.31. The van der Waals surface area contributed by atoms with E-state index in [1.165, 1.54) is 11.8 Å². The minimum absolute atomic E-state index is 0.389. The molecule has 0 aliphatic carbocycles. The Morgan fingerprint density at radius 1 is 1.05 bits per heavy atom. The number of nitrogens with zero attached hydrogens (tertiary/aromatic N) is 3. The zero-order valence-corrected chi connectivity index (χ0v) is 22.6. The van der Waals surface area contributed by atoms with Gasteiger partial charge in [0.1, 0.15) is 11.5 Å². The lowest BCUT2D eigenvalue weighted by Crippen LogP contribution is -2.32. The van der Waals surface area contributed by atoms with E-state index in [1.807, 2.05) is 73.0 Å². The molecule has 2 amide bonds. The largest absolute Gasteiger partial charge is 0.497 e. The van der Waals surface area contributed by atoms with E-state index >= 15 is 0 Å². The van der Waals surface area contributed by atoms with Crippen molar-refractivity contribution in [2.24, 2.45) is 0 Å². The molecule has 0 radical (unpaired) electrons. The molecule has 0 aliphatic heterocycles. The second kappa shape index (κ2) is 12.0. The molecule has 0 bridgehead atoms. The average Bonchev–Trinajstić information content (AvgIpc) is 3.33. The summed E-state index contributed by atoms with van der Waals surface area (Å²) in [6.07, 6.45) is 0. The van der Waals surface area contributed by atoms with Gasteiger partial charge in [-0.3, -0.25) is 4.57 Å². The number of ether oxygens (including phenoxy) is 2. The van der Waals surface area contributed by atoms with Crippen LogP contribution in [0.4, 0.5) is 10.5 Å². The van der Waals surface area contributed by atoms with Crippen LogP contribution in [0, 0.1) is 6.92 Å². The third-order valence-electron chi connectivity index (χ3n) is 5.66. The number of aromatic nitrogens is 3. The number of nitrogens with one attached hydrogen (secondary N) is 2. The Morgan fingerprint density at radius 2 is 1.86 bits per heavy atom. The van der Waals surface area contributed by atoms with Gasteiger partial charge < -0.3 is 20.1 Å². The van der Waals surface area contributed by atoms with Crippen molar-refractivity contribution in [3.05, 3.63) is 88.7 Å². The van der Waals surface area contributed by atoms with E-state index in [-0.39, 0.29) is 6.03 Å². The first-order chi connectivity index (χ1) is 17.9. The Kier molecular flexibility index (Phi) is 8.58. The minimum Gasteiger partial charge on any atom is -0.497 e. The summed E-state index contributed by atoms with van der Waals surface area (Å²) in [5.41, 5.74) is 3.50. The Bertz CT molecular complexity index is 1390. The van der Waals surface area contributed by atoms with Crippen molar-refractivity contribution in [3.8, 4) is 17.2 Å². The lowest BCUT2D eigenvalue weighted by atomic mass is 10.2. The van der Waals surface area contributed by atoms with Gasteiger partial charge in [-0.15, -0.1) is 10.2 Å². The van der Waals surface area contributed by atoms with Crippen LogP contribution in [0.25, 0.3) is 5.69 Å². The second-order valence-electron chi connectivity index (χ2n) is 8.27. The zero-order valence-electron chi connectivity index (χ0n) is 21.0. The predicted molar refractivity (Wildman–Crippen MR) is 147 cm³/mol. The van der Waals surface area contributed by atoms with Crippen molar-refractivity contribution < 1.29 is 14.3 Å². The molecule has 0 aliphatic rings. The number of hydrogen-bond acceptors (Lipinski definition) is 6. The van der Waals surface area contributed by atoms with Gasteiger partial charge in [-0.25, -0.2) is 4.79 Å². The summed E-state index contributed by atoms with van der Waals surface area (Å²) in [6, 6.07) is 19.9. The molecular weight excluding hydrogens is 510 g/mol. The number of methoxy groups -OCH3 is 2. The molecule has 1 atom stereocenters. The molecular formula is C27H28ClN5O3S. The van der Waals surface area contributed by atoms with E-state index in [0.717, 1.165) is 22.6 Å². The van der Waals surface area contributed by atoms with Crippen molar-refractivity contribution in [2.75, 3.05) is 19.5 Å². The molecule has 4 rings (SSSR count). The molecule has 1 heterocycles. The number of benzene rings is 3. The maximum absolute atomic E-state index is 12.8. The zero-order chi connectivity index (χ0) is 26.4. The van der Waals surface area contributed by atoms with Crippen LogP contribution in [0.2, 0.25) is 5.02 Å². The molecule has 4 aromatic rings. The van der Waals surface area contributed by atoms with Crippen LogP contribution in [0.15, 0.2) is 71.9 Å². The Morgan fingerprint density at radius 3 is 2.65 bits per heavy atom. The van der Waals surface area contributed by atoms with Gasteiger partial charge in [0, 0.05) is 10.8 Å². The van der Waals surface area contributed by atoms with Crippen LogP contribution < -0.4 is 20.1 Å². The number of thioether (sulfide) groups is 1. The lowest BCUT2D eigenvalue weighted by Gasteiger charge is -2.18. The molecule has 1 aromatic heterocycles. The first-order valence-corrected chi connectivity index (χ1v) is 12.9. The van der Waals surface area contributed by atoms with Crippen LogP contribution >= 0.6 is 23.4 Å². The van der Waals surface area contributed by atoms with Gasteiger partial charge in [0.05, 0.1) is 31.6 Å². The standard InChI is InChI=1S/C27H28ClN5O3S/c1-17-12-13-20(28)15-23(17)33-25(18(2)29-26(34)30-22-10-5-6-11-24(22)36-4)31-32-27(33)37-16-19-8-7-9-21(14-19)35-3/h5-15,18H,16H2,1-4H3,(H2,29,30,34). The third kappa shape index (κ3) is 6.36. The fraction of sp³-hybridized carbons (Fsp3) is 0.222. The van der Waals surface area contributed by atoms with Crippen LogP contribution in [-0.4, -0.2) is 35.0 Å². The number of anilines is 1. The molecule has 8 nitrogen and oxygen atoms in total. The number of hydrogen-bond donors (Lipinski definition) is 2. The van der Waals surface area contributed by atoms with E-state index in [1.54, 1.807) is 26.4 Å². The topological polar surface area (TPSA) is 90.3 Å². The molecule has 10 heteroatoms. The summed E-state index contributed by atoms with van der Waals surface area (Å²) in [6.45, 7) is 3.86. The number of urea groups is 1. The van der Waals surface area contributed by atoms with Gasteiger partial charge in [-0.2, -0.15) is 0 Å². The number of aryl methyl sites for hydroxylation is 1. The molecule has 0 saturated heterocycles. The van der Waals surface area contributed by atoms with E-state index in [4.69, 9.17) is 21.1 Å².